The highest BCUT2D eigenvalue weighted by molar-refractivity contribution is 8.13. The van der Waals surface area contributed by atoms with Crippen LogP contribution in [0.15, 0.2) is 91.0 Å². The Labute approximate surface area is 222 Å². The van der Waals surface area contributed by atoms with E-state index in [4.69, 9.17) is 4.74 Å². The van der Waals surface area contributed by atoms with Gasteiger partial charge in [0.05, 0.1) is 44.0 Å². The van der Waals surface area contributed by atoms with E-state index >= 15 is 0 Å². The van der Waals surface area contributed by atoms with Gasteiger partial charge in [0, 0.05) is 0 Å². The van der Waals surface area contributed by atoms with Crippen molar-refractivity contribution in [2.75, 3.05) is 38.5 Å². The van der Waals surface area contributed by atoms with Crippen LogP contribution in [0.4, 0.5) is 0 Å². The molecule has 3 aromatic rings. The zero-order chi connectivity index (χ0) is 26.1. The quantitative estimate of drug-likeness (QED) is 0.182. The number of benzene rings is 3. The maximum atomic E-state index is 13.4. The van der Waals surface area contributed by atoms with E-state index in [0.29, 0.717) is 6.61 Å². The minimum Gasteiger partial charge on any atom is -0.360 e. The molecule has 0 amide bonds. The first-order chi connectivity index (χ1) is 17.3. The van der Waals surface area contributed by atoms with Crippen LogP contribution < -0.4 is 0 Å². The third kappa shape index (κ3) is 6.29. The van der Waals surface area contributed by atoms with Gasteiger partial charge in [-0.2, -0.15) is 0 Å². The summed E-state index contributed by atoms with van der Waals surface area (Å²) in [6.45, 7) is 15.4. The fourth-order valence-corrected chi connectivity index (χ4v) is 5.90. The van der Waals surface area contributed by atoms with Crippen molar-refractivity contribution in [3.63, 3.8) is 0 Å². The lowest BCUT2D eigenvalue weighted by Crippen LogP contribution is -2.49. The van der Waals surface area contributed by atoms with Gasteiger partial charge in [-0.3, -0.25) is 4.79 Å². The Hall–Kier alpha value is -2.40. The summed E-state index contributed by atoms with van der Waals surface area (Å²) in [6.07, 6.45) is 0. The van der Waals surface area contributed by atoms with Crippen LogP contribution in [-0.2, 0) is 15.1 Å². The number of carbonyl (C=O) groups excluding carboxylic acids is 1. The van der Waals surface area contributed by atoms with E-state index < -0.39 is 11.0 Å². The van der Waals surface area contributed by atoms with Gasteiger partial charge in [-0.15, -0.1) is 0 Å². The highest BCUT2D eigenvalue weighted by atomic mass is 32.2. The minimum atomic E-state index is -0.815. The number of quaternary nitrogens is 1. The molecule has 0 aromatic heterocycles. The van der Waals surface area contributed by atoms with Crippen LogP contribution in [0.2, 0.25) is 0 Å². The van der Waals surface area contributed by atoms with Gasteiger partial charge in [-0.25, -0.2) is 0 Å². The second kappa shape index (κ2) is 12.7. The second-order valence-electron chi connectivity index (χ2n) is 10.1. The van der Waals surface area contributed by atoms with Gasteiger partial charge in [0.1, 0.15) is 5.60 Å². The van der Waals surface area contributed by atoms with Crippen molar-refractivity contribution in [3.05, 3.63) is 108 Å². The maximum absolute atomic E-state index is 13.4. The van der Waals surface area contributed by atoms with Gasteiger partial charge < -0.3 is 9.22 Å². The van der Waals surface area contributed by atoms with E-state index in [9.17, 15) is 4.79 Å². The maximum Gasteiger partial charge on any atom is 0.197 e. The molecule has 0 fully saturated rings. The molecule has 3 aromatic carbocycles. The number of hydrogen-bond donors (Lipinski definition) is 0. The molecule has 192 valence electrons. The van der Waals surface area contributed by atoms with Crippen molar-refractivity contribution in [2.45, 2.75) is 40.2 Å². The van der Waals surface area contributed by atoms with E-state index in [1.54, 1.807) is 0 Å². The standard InChI is InChI=1S/C32H42NO2S/c1-6-33(7-2,8-3)24-25-36-30(34)31(4,5)26-35-32(27-18-12-9-13-19-27,28-20-14-10-15-21-28)29-22-16-11-17-23-29/h9-23H,6-8,24-26H2,1-5H3/q+1. The molecule has 0 aliphatic carbocycles. The average Bonchev–Trinajstić information content (AvgIpc) is 2.93. The Morgan fingerprint density at radius 2 is 1.11 bits per heavy atom. The van der Waals surface area contributed by atoms with Gasteiger partial charge in [-0.1, -0.05) is 103 Å². The third-order valence-corrected chi connectivity index (χ3v) is 8.76. The molecule has 36 heavy (non-hydrogen) atoms. The van der Waals surface area contributed by atoms with Gasteiger partial charge in [0.2, 0.25) is 0 Å². The Bertz CT molecular complexity index is 958. The lowest BCUT2D eigenvalue weighted by Gasteiger charge is -2.38. The van der Waals surface area contributed by atoms with Crippen LogP contribution in [0.1, 0.15) is 51.3 Å². The van der Waals surface area contributed by atoms with Crippen LogP contribution in [0.25, 0.3) is 0 Å². The van der Waals surface area contributed by atoms with E-state index in [-0.39, 0.29) is 5.12 Å². The molecule has 0 saturated heterocycles. The summed E-state index contributed by atoms with van der Waals surface area (Å²) in [6, 6.07) is 31.0. The molecule has 0 aliphatic rings. The summed E-state index contributed by atoms with van der Waals surface area (Å²) >= 11 is 1.46. The van der Waals surface area contributed by atoms with Gasteiger partial charge in [0.25, 0.3) is 0 Å². The number of rotatable bonds is 13. The molecular formula is C32H42NO2S+. The molecule has 0 atom stereocenters. The molecule has 0 heterocycles. The summed E-state index contributed by atoms with van der Waals surface area (Å²) in [5.74, 6) is 0.832. The molecule has 0 spiro atoms. The minimum absolute atomic E-state index is 0.187. The molecule has 0 bridgehead atoms. The van der Waals surface area contributed by atoms with Crippen molar-refractivity contribution < 1.29 is 14.0 Å². The van der Waals surface area contributed by atoms with Crippen molar-refractivity contribution in [1.82, 2.24) is 0 Å². The molecule has 3 rings (SSSR count). The second-order valence-corrected chi connectivity index (χ2v) is 11.2. The van der Waals surface area contributed by atoms with Gasteiger partial charge >= 0.3 is 0 Å². The van der Waals surface area contributed by atoms with Crippen LogP contribution in [0.3, 0.4) is 0 Å². The summed E-state index contributed by atoms with van der Waals surface area (Å²) in [5, 5.41) is 0.187. The first-order valence-electron chi connectivity index (χ1n) is 13.2. The summed E-state index contributed by atoms with van der Waals surface area (Å²) in [5.41, 5.74) is 1.71. The van der Waals surface area contributed by atoms with Crippen molar-refractivity contribution in [3.8, 4) is 0 Å². The molecule has 0 aliphatic heterocycles. The lowest BCUT2D eigenvalue weighted by molar-refractivity contribution is -0.920. The Balaban J connectivity index is 1.89. The van der Waals surface area contributed by atoms with Crippen LogP contribution in [0.5, 0.6) is 0 Å². The lowest BCUT2D eigenvalue weighted by atomic mass is 9.79. The highest BCUT2D eigenvalue weighted by Crippen LogP contribution is 2.42. The number of hydrogen-bond acceptors (Lipinski definition) is 3. The van der Waals surface area contributed by atoms with Gasteiger partial charge in [-0.05, 0) is 51.3 Å². The third-order valence-electron chi connectivity index (χ3n) is 7.55. The van der Waals surface area contributed by atoms with E-state index in [0.717, 1.165) is 53.1 Å². The SMILES string of the molecule is CC[N+](CC)(CC)CCSC(=O)C(C)(C)COC(c1ccccc1)(c1ccccc1)c1ccccc1. The normalized spacial score (nSPS) is 12.5. The number of thioether (sulfide) groups is 1. The predicted octanol–water partition coefficient (Wildman–Crippen LogP) is 7.16. The Morgan fingerprint density at radius 1 is 0.722 bits per heavy atom. The van der Waals surface area contributed by atoms with E-state index in [1.807, 2.05) is 68.4 Å². The Morgan fingerprint density at radius 3 is 1.47 bits per heavy atom. The van der Waals surface area contributed by atoms with Crippen LogP contribution in [0, 0.1) is 5.41 Å². The molecule has 0 radical (unpaired) electrons. The average molecular weight is 505 g/mol. The van der Waals surface area contributed by atoms with Crippen molar-refractivity contribution in [1.29, 1.82) is 0 Å². The monoisotopic (exact) mass is 504 g/mol. The number of nitrogens with zero attached hydrogens (tertiary/aromatic N) is 1. The topological polar surface area (TPSA) is 26.3 Å². The first kappa shape index (κ1) is 28.2. The molecule has 3 nitrogen and oxygen atoms in total. The van der Waals surface area contributed by atoms with E-state index in [2.05, 4.69) is 57.2 Å². The van der Waals surface area contributed by atoms with Crippen molar-refractivity contribution in [2.24, 2.45) is 5.41 Å². The van der Waals surface area contributed by atoms with Crippen molar-refractivity contribution >= 4 is 16.9 Å². The largest absolute Gasteiger partial charge is 0.360 e. The molecule has 0 N–H and O–H groups in total. The van der Waals surface area contributed by atoms with Crippen LogP contribution in [-0.4, -0.2) is 48.1 Å². The smallest absolute Gasteiger partial charge is 0.197 e. The highest BCUT2D eigenvalue weighted by Gasteiger charge is 2.40. The summed E-state index contributed by atoms with van der Waals surface area (Å²) in [4.78, 5) is 13.4. The van der Waals surface area contributed by atoms with E-state index in [1.165, 1.54) is 11.8 Å². The zero-order valence-corrected chi connectivity index (χ0v) is 23.4. The fraction of sp³-hybridized carbons (Fsp3) is 0.406. The fourth-order valence-electron chi connectivity index (χ4n) is 4.79. The first-order valence-corrected chi connectivity index (χ1v) is 14.1. The van der Waals surface area contributed by atoms with Gasteiger partial charge in [0.15, 0.2) is 5.12 Å². The molecule has 0 unspecified atom stereocenters. The predicted molar refractivity (Wildman–Crippen MR) is 153 cm³/mol. The van der Waals surface area contributed by atoms with Crippen LogP contribution >= 0.6 is 11.8 Å². The molecular weight excluding hydrogens is 462 g/mol. The summed E-state index contributed by atoms with van der Waals surface area (Å²) in [7, 11) is 0. The number of carbonyl (C=O) groups is 1. The zero-order valence-electron chi connectivity index (χ0n) is 22.6. The molecule has 0 saturated carbocycles. The molecule has 4 heteroatoms. The number of ether oxygens (including phenoxy) is 1. The summed E-state index contributed by atoms with van der Waals surface area (Å²) < 4.78 is 8.00. The Kier molecular flexibility index (Phi) is 9.95.